The van der Waals surface area contributed by atoms with E-state index in [0.29, 0.717) is 12.3 Å². The molecule has 3 nitrogen and oxygen atoms in total. The van der Waals surface area contributed by atoms with Crippen LogP contribution in [0.15, 0.2) is 0 Å². The average molecular weight is 152 g/mol. The van der Waals surface area contributed by atoms with E-state index in [2.05, 4.69) is 5.32 Å². The Morgan fingerprint density at radius 3 is 2.33 bits per heavy atom. The van der Waals surface area contributed by atoms with Gasteiger partial charge in [-0.3, -0.25) is 4.79 Å². The van der Waals surface area contributed by atoms with Gasteiger partial charge in [0.15, 0.2) is 0 Å². The number of carboxylic acid groups (broad SMARTS) is 1. The van der Waals surface area contributed by atoms with Crippen molar-refractivity contribution < 1.29 is 9.90 Å². The molecule has 54 valence electrons. The minimum atomic E-state index is -0.684. The van der Waals surface area contributed by atoms with Gasteiger partial charge in [-0.25, -0.2) is 0 Å². The predicted molar refractivity (Wildman–Crippen MR) is 35.9 cm³/mol. The van der Waals surface area contributed by atoms with Crippen molar-refractivity contribution in [3.63, 3.8) is 0 Å². The smallest absolute Gasteiger partial charge is 0.303 e. The number of carboxylic acids is 1. The minimum Gasteiger partial charge on any atom is -0.481 e. The standard InChI is InChI=1S/C5H9NO2.ClH/c7-5(8)1-4-2-6-3-4;/h4,6H,1-3H2,(H,7,8);1H. The monoisotopic (exact) mass is 151 g/mol. The van der Waals surface area contributed by atoms with Crippen molar-refractivity contribution in [2.45, 2.75) is 6.42 Å². The Kier molecular flexibility index (Phi) is 3.58. The molecule has 9 heavy (non-hydrogen) atoms. The van der Waals surface area contributed by atoms with Crippen LogP contribution in [-0.2, 0) is 4.79 Å². The first-order valence-corrected chi connectivity index (χ1v) is 2.71. The number of carbonyl (C=O) groups is 1. The van der Waals surface area contributed by atoms with E-state index in [1.807, 2.05) is 0 Å². The molecule has 0 amide bonds. The summed E-state index contributed by atoms with van der Waals surface area (Å²) in [5.74, 6) is -0.288. The summed E-state index contributed by atoms with van der Waals surface area (Å²) < 4.78 is 0. The maximum Gasteiger partial charge on any atom is 0.303 e. The van der Waals surface area contributed by atoms with Crippen molar-refractivity contribution in [2.75, 3.05) is 13.1 Å². The average Bonchev–Trinajstić information content (AvgIpc) is 1.55. The highest BCUT2D eigenvalue weighted by Crippen LogP contribution is 2.06. The van der Waals surface area contributed by atoms with Crippen LogP contribution in [0.5, 0.6) is 0 Å². The lowest BCUT2D eigenvalue weighted by Gasteiger charge is -2.24. The van der Waals surface area contributed by atoms with Crippen LogP contribution >= 0.6 is 12.4 Å². The lowest BCUT2D eigenvalue weighted by molar-refractivity contribution is -0.138. The first-order chi connectivity index (χ1) is 3.79. The fourth-order valence-corrected chi connectivity index (χ4v) is 0.740. The van der Waals surface area contributed by atoms with Crippen molar-refractivity contribution in [1.82, 2.24) is 5.32 Å². The van der Waals surface area contributed by atoms with Gasteiger partial charge in [0.2, 0.25) is 0 Å². The zero-order chi connectivity index (χ0) is 5.98. The molecule has 1 fully saturated rings. The lowest BCUT2D eigenvalue weighted by Crippen LogP contribution is -2.42. The van der Waals surface area contributed by atoms with Gasteiger partial charge < -0.3 is 10.4 Å². The van der Waals surface area contributed by atoms with Gasteiger partial charge in [0.05, 0.1) is 6.42 Å². The Morgan fingerprint density at radius 1 is 1.67 bits per heavy atom. The van der Waals surface area contributed by atoms with Crippen molar-refractivity contribution in [3.8, 4) is 0 Å². The van der Waals surface area contributed by atoms with Gasteiger partial charge in [-0.2, -0.15) is 0 Å². The van der Waals surface area contributed by atoms with Gasteiger partial charge in [-0.05, 0) is 19.0 Å². The Balaban J connectivity index is 0.000000640. The molecule has 0 atom stereocenters. The maximum absolute atomic E-state index is 9.97. The molecule has 0 bridgehead atoms. The van der Waals surface area contributed by atoms with E-state index in [1.165, 1.54) is 0 Å². The highest BCUT2D eigenvalue weighted by atomic mass is 35.5. The summed E-state index contributed by atoms with van der Waals surface area (Å²) in [6.45, 7) is 1.76. The number of nitrogens with one attached hydrogen (secondary N) is 1. The lowest BCUT2D eigenvalue weighted by atomic mass is 10.00. The van der Waals surface area contributed by atoms with Crippen LogP contribution in [0.1, 0.15) is 6.42 Å². The highest BCUT2D eigenvalue weighted by molar-refractivity contribution is 5.85. The molecule has 1 rings (SSSR count). The third kappa shape index (κ3) is 2.67. The molecule has 2 N–H and O–H groups in total. The topological polar surface area (TPSA) is 49.3 Å². The van der Waals surface area contributed by atoms with E-state index < -0.39 is 5.97 Å². The van der Waals surface area contributed by atoms with Gasteiger partial charge in [0, 0.05) is 0 Å². The second-order valence-corrected chi connectivity index (χ2v) is 2.12. The third-order valence-corrected chi connectivity index (χ3v) is 1.33. The molecule has 1 aliphatic rings. The zero-order valence-corrected chi connectivity index (χ0v) is 5.78. The summed E-state index contributed by atoms with van der Waals surface area (Å²) >= 11 is 0. The number of hydrogen-bond donors (Lipinski definition) is 2. The molecule has 0 radical (unpaired) electrons. The number of halogens is 1. The maximum atomic E-state index is 9.97. The highest BCUT2D eigenvalue weighted by Gasteiger charge is 2.18. The largest absolute Gasteiger partial charge is 0.481 e. The fourth-order valence-electron chi connectivity index (χ4n) is 0.740. The Morgan fingerprint density at radius 2 is 2.22 bits per heavy atom. The number of rotatable bonds is 2. The summed E-state index contributed by atoms with van der Waals surface area (Å²) in [4.78, 5) is 9.97. The predicted octanol–water partition coefficient (Wildman–Crippen LogP) is 0.102. The summed E-state index contributed by atoms with van der Waals surface area (Å²) in [6, 6.07) is 0. The molecule has 1 heterocycles. The number of hydrogen-bond acceptors (Lipinski definition) is 2. The fraction of sp³-hybridized carbons (Fsp3) is 0.800. The second-order valence-electron chi connectivity index (χ2n) is 2.12. The van der Waals surface area contributed by atoms with E-state index in [4.69, 9.17) is 5.11 Å². The molecular formula is C5H10ClNO2. The van der Waals surface area contributed by atoms with Gasteiger partial charge in [-0.15, -0.1) is 12.4 Å². The number of aliphatic carboxylic acids is 1. The molecule has 4 heteroatoms. The molecule has 0 aliphatic carbocycles. The van der Waals surface area contributed by atoms with Crippen LogP contribution in [0.2, 0.25) is 0 Å². The molecule has 0 aromatic carbocycles. The van der Waals surface area contributed by atoms with Crippen LogP contribution in [0.3, 0.4) is 0 Å². The van der Waals surface area contributed by atoms with Crippen molar-refractivity contribution in [1.29, 1.82) is 0 Å². The Labute approximate surface area is 59.9 Å². The summed E-state index contributed by atoms with van der Waals surface area (Å²) in [7, 11) is 0. The first kappa shape index (κ1) is 8.72. The van der Waals surface area contributed by atoms with Crippen LogP contribution in [0.4, 0.5) is 0 Å². The Hall–Kier alpha value is -0.280. The van der Waals surface area contributed by atoms with Gasteiger partial charge in [0.1, 0.15) is 0 Å². The molecule has 0 saturated carbocycles. The van der Waals surface area contributed by atoms with E-state index in [-0.39, 0.29) is 12.4 Å². The molecular weight excluding hydrogens is 142 g/mol. The van der Waals surface area contributed by atoms with E-state index >= 15 is 0 Å². The van der Waals surface area contributed by atoms with Crippen LogP contribution in [0, 0.1) is 5.92 Å². The molecule has 0 aromatic heterocycles. The normalized spacial score (nSPS) is 17.8. The quantitative estimate of drug-likeness (QED) is 0.589. The van der Waals surface area contributed by atoms with E-state index in [9.17, 15) is 4.79 Å². The molecule has 1 aliphatic heterocycles. The first-order valence-electron chi connectivity index (χ1n) is 2.71. The third-order valence-electron chi connectivity index (χ3n) is 1.33. The summed E-state index contributed by atoms with van der Waals surface area (Å²) in [5, 5.41) is 11.2. The Bertz CT molecular complexity index is 103. The van der Waals surface area contributed by atoms with Gasteiger partial charge >= 0.3 is 5.97 Å². The van der Waals surface area contributed by atoms with E-state index in [0.717, 1.165) is 13.1 Å². The summed E-state index contributed by atoms with van der Waals surface area (Å²) in [5.41, 5.74) is 0. The van der Waals surface area contributed by atoms with Crippen molar-refractivity contribution >= 4 is 18.4 Å². The van der Waals surface area contributed by atoms with Gasteiger partial charge in [0.25, 0.3) is 0 Å². The zero-order valence-electron chi connectivity index (χ0n) is 4.96. The summed E-state index contributed by atoms with van der Waals surface area (Å²) in [6.07, 6.45) is 0.326. The van der Waals surface area contributed by atoms with Gasteiger partial charge in [-0.1, -0.05) is 0 Å². The van der Waals surface area contributed by atoms with Crippen molar-refractivity contribution in [2.24, 2.45) is 5.92 Å². The molecule has 0 aromatic rings. The van der Waals surface area contributed by atoms with Crippen LogP contribution in [-0.4, -0.2) is 24.2 Å². The SMILES string of the molecule is Cl.O=C(O)CC1CNC1. The van der Waals surface area contributed by atoms with Crippen LogP contribution in [0.25, 0.3) is 0 Å². The molecule has 0 unspecified atom stereocenters. The van der Waals surface area contributed by atoms with Crippen molar-refractivity contribution in [3.05, 3.63) is 0 Å². The molecule has 1 saturated heterocycles. The second kappa shape index (κ2) is 3.69. The minimum absolute atomic E-state index is 0. The molecule has 0 spiro atoms. The van der Waals surface area contributed by atoms with Crippen LogP contribution < -0.4 is 5.32 Å². The van der Waals surface area contributed by atoms with E-state index in [1.54, 1.807) is 0 Å².